The summed E-state index contributed by atoms with van der Waals surface area (Å²) in [7, 11) is 3.13. The molecule has 1 N–H and O–H groups in total. The molecule has 9 nitrogen and oxygen atoms in total. The first kappa shape index (κ1) is 33.6. The number of amides is 1. The van der Waals surface area contributed by atoms with Crippen LogP contribution in [-0.4, -0.2) is 42.6 Å². The van der Waals surface area contributed by atoms with Gasteiger partial charge in [0.2, 0.25) is 0 Å². The highest BCUT2D eigenvalue weighted by atomic mass is 19.1. The summed E-state index contributed by atoms with van der Waals surface area (Å²) in [6, 6.07) is 20.2. The van der Waals surface area contributed by atoms with Crippen molar-refractivity contribution < 1.29 is 23.4 Å². The normalized spacial score (nSPS) is 11.2. The first-order valence-corrected chi connectivity index (χ1v) is 15.4. The van der Waals surface area contributed by atoms with Gasteiger partial charge in [0.1, 0.15) is 11.6 Å². The average molecular weight is 649 g/mol. The Labute approximate surface area is 278 Å². The summed E-state index contributed by atoms with van der Waals surface area (Å²) < 4.78 is 32.1. The Morgan fingerprint density at radius 3 is 2.52 bits per heavy atom. The number of aromatic nitrogens is 2. The van der Waals surface area contributed by atoms with Crippen molar-refractivity contribution in [1.29, 1.82) is 0 Å². The standard InChI is InChI=1S/C38H37FN4O5/c1-7-11-26-17-25(18-34(47-6)36(26)48-22-35(44)41-28-13-10-12-27(39)19-28)21-40-43-37(42-32-15-9-8-14-29(32)38(43)45)31-20-30(23(2)3)33(46-5)16-24(31)4/h7-10,12-21,23H,1,11,22H2,2-6H3,(H,41,44). The zero-order valence-corrected chi connectivity index (χ0v) is 27.5. The van der Waals surface area contributed by atoms with E-state index < -0.39 is 11.7 Å². The topological polar surface area (TPSA) is 104 Å². The van der Waals surface area contributed by atoms with E-state index in [-0.39, 0.29) is 18.1 Å². The number of carbonyl (C=O) groups excluding carboxylic acids is 1. The summed E-state index contributed by atoms with van der Waals surface area (Å²) >= 11 is 0. The molecule has 0 aliphatic heterocycles. The summed E-state index contributed by atoms with van der Waals surface area (Å²) in [4.78, 5) is 31.4. The van der Waals surface area contributed by atoms with Crippen LogP contribution in [0.3, 0.4) is 0 Å². The fraction of sp³-hybridized carbons (Fsp3) is 0.211. The van der Waals surface area contributed by atoms with Crippen molar-refractivity contribution in [3.63, 3.8) is 0 Å². The third kappa shape index (κ3) is 7.28. The molecule has 0 unspecified atom stereocenters. The van der Waals surface area contributed by atoms with Gasteiger partial charge < -0.3 is 19.5 Å². The van der Waals surface area contributed by atoms with Crippen LogP contribution in [0.25, 0.3) is 22.3 Å². The van der Waals surface area contributed by atoms with Crippen LogP contribution in [0.2, 0.25) is 0 Å². The van der Waals surface area contributed by atoms with E-state index in [0.29, 0.717) is 51.5 Å². The Hall–Kier alpha value is -5.77. The quantitative estimate of drug-likeness (QED) is 0.113. The fourth-order valence-electron chi connectivity index (χ4n) is 5.38. The molecular weight excluding hydrogens is 611 g/mol. The van der Waals surface area contributed by atoms with Gasteiger partial charge in [-0.1, -0.05) is 38.1 Å². The molecule has 5 aromatic rings. The van der Waals surface area contributed by atoms with E-state index in [1.807, 2.05) is 31.2 Å². The zero-order chi connectivity index (χ0) is 34.4. The molecule has 48 heavy (non-hydrogen) atoms. The van der Waals surface area contributed by atoms with E-state index in [1.165, 1.54) is 30.0 Å². The summed E-state index contributed by atoms with van der Waals surface area (Å²) in [6.07, 6.45) is 3.65. The van der Waals surface area contributed by atoms with Crippen LogP contribution in [0.5, 0.6) is 17.2 Å². The second kappa shape index (κ2) is 14.8. The molecular formula is C38H37FN4O5. The van der Waals surface area contributed by atoms with Gasteiger partial charge in [0, 0.05) is 16.8 Å². The third-order valence-electron chi connectivity index (χ3n) is 7.71. The highest BCUT2D eigenvalue weighted by Crippen LogP contribution is 2.35. The molecule has 0 aliphatic carbocycles. The van der Waals surface area contributed by atoms with Crippen LogP contribution in [-0.2, 0) is 11.2 Å². The number of anilines is 1. The molecule has 0 fully saturated rings. The number of halogens is 1. The number of hydrogen-bond donors (Lipinski definition) is 1. The van der Waals surface area contributed by atoms with Crippen LogP contribution in [0.15, 0.2) is 95.3 Å². The van der Waals surface area contributed by atoms with E-state index in [0.717, 1.165) is 22.4 Å². The largest absolute Gasteiger partial charge is 0.496 e. The van der Waals surface area contributed by atoms with Gasteiger partial charge in [-0.15, -0.1) is 6.58 Å². The lowest BCUT2D eigenvalue weighted by Gasteiger charge is -2.17. The number of nitrogens with one attached hydrogen (secondary N) is 1. The van der Waals surface area contributed by atoms with E-state index in [9.17, 15) is 14.0 Å². The fourth-order valence-corrected chi connectivity index (χ4v) is 5.38. The maximum Gasteiger partial charge on any atom is 0.282 e. The molecule has 0 aliphatic rings. The number of allylic oxidation sites excluding steroid dienone is 1. The lowest BCUT2D eigenvalue weighted by molar-refractivity contribution is -0.118. The minimum Gasteiger partial charge on any atom is -0.496 e. The van der Waals surface area contributed by atoms with Crippen molar-refractivity contribution in [1.82, 2.24) is 9.66 Å². The minimum absolute atomic E-state index is 0.160. The lowest BCUT2D eigenvalue weighted by atomic mass is 9.96. The predicted octanol–water partition coefficient (Wildman–Crippen LogP) is 7.28. The van der Waals surface area contributed by atoms with Crippen LogP contribution in [0, 0.1) is 12.7 Å². The van der Waals surface area contributed by atoms with Crippen LogP contribution in [0.4, 0.5) is 10.1 Å². The van der Waals surface area contributed by atoms with Gasteiger partial charge in [-0.25, -0.2) is 9.37 Å². The molecule has 246 valence electrons. The first-order valence-electron chi connectivity index (χ1n) is 15.4. The van der Waals surface area contributed by atoms with Crippen molar-refractivity contribution in [2.24, 2.45) is 5.10 Å². The predicted molar refractivity (Wildman–Crippen MR) is 187 cm³/mol. The van der Waals surface area contributed by atoms with Gasteiger partial charge in [-0.3, -0.25) is 9.59 Å². The molecule has 0 radical (unpaired) electrons. The SMILES string of the molecule is C=CCc1cc(C=Nn2c(-c3cc(C(C)C)c(OC)cc3C)nc3ccccc3c2=O)cc(OC)c1OCC(=O)Nc1cccc(F)c1. The number of hydrogen-bond acceptors (Lipinski definition) is 7. The second-order valence-electron chi connectivity index (χ2n) is 11.4. The number of para-hydroxylation sites is 1. The molecule has 0 bridgehead atoms. The average Bonchev–Trinajstić information content (AvgIpc) is 3.07. The number of rotatable bonds is 12. The first-order chi connectivity index (χ1) is 23.1. The summed E-state index contributed by atoms with van der Waals surface area (Å²) in [5, 5.41) is 7.71. The van der Waals surface area contributed by atoms with Gasteiger partial charge in [0.15, 0.2) is 23.9 Å². The monoisotopic (exact) mass is 648 g/mol. The molecule has 1 aromatic heterocycles. The van der Waals surface area contributed by atoms with Crippen molar-refractivity contribution in [3.05, 3.63) is 124 Å². The van der Waals surface area contributed by atoms with Crippen LogP contribution in [0.1, 0.15) is 42.0 Å². The van der Waals surface area contributed by atoms with E-state index in [2.05, 4.69) is 30.8 Å². The Bertz CT molecular complexity index is 2090. The Balaban J connectivity index is 1.55. The van der Waals surface area contributed by atoms with E-state index in [4.69, 9.17) is 19.2 Å². The van der Waals surface area contributed by atoms with Crippen LogP contribution >= 0.6 is 0 Å². The molecule has 10 heteroatoms. The highest BCUT2D eigenvalue weighted by Gasteiger charge is 2.19. The molecule has 0 saturated carbocycles. The van der Waals surface area contributed by atoms with Crippen molar-refractivity contribution in [2.75, 3.05) is 26.1 Å². The molecule has 0 saturated heterocycles. The smallest absolute Gasteiger partial charge is 0.282 e. The lowest BCUT2D eigenvalue weighted by Crippen LogP contribution is -2.21. The zero-order valence-electron chi connectivity index (χ0n) is 27.5. The number of aryl methyl sites for hydroxylation is 1. The number of methoxy groups -OCH3 is 2. The number of benzene rings is 4. The highest BCUT2D eigenvalue weighted by molar-refractivity contribution is 5.92. The molecule has 5 rings (SSSR count). The molecule has 1 amide bonds. The summed E-state index contributed by atoms with van der Waals surface area (Å²) in [5.74, 6) is 1.08. The van der Waals surface area contributed by atoms with Gasteiger partial charge in [0.25, 0.3) is 11.5 Å². The van der Waals surface area contributed by atoms with E-state index in [1.54, 1.807) is 49.7 Å². The Kier molecular flexibility index (Phi) is 10.3. The van der Waals surface area contributed by atoms with Gasteiger partial charge >= 0.3 is 0 Å². The molecule has 0 atom stereocenters. The van der Waals surface area contributed by atoms with Gasteiger partial charge in [-0.2, -0.15) is 9.78 Å². The Morgan fingerprint density at radius 1 is 1.04 bits per heavy atom. The number of carbonyl (C=O) groups is 1. The van der Waals surface area contributed by atoms with Gasteiger partial charge in [0.05, 0.1) is 31.3 Å². The maximum absolute atomic E-state index is 13.9. The summed E-state index contributed by atoms with van der Waals surface area (Å²) in [5.41, 5.74) is 4.46. The summed E-state index contributed by atoms with van der Waals surface area (Å²) in [6.45, 7) is 9.61. The van der Waals surface area contributed by atoms with Crippen molar-refractivity contribution in [3.8, 4) is 28.6 Å². The third-order valence-corrected chi connectivity index (χ3v) is 7.71. The van der Waals surface area contributed by atoms with E-state index >= 15 is 0 Å². The Morgan fingerprint density at radius 2 is 1.81 bits per heavy atom. The van der Waals surface area contributed by atoms with Crippen LogP contribution < -0.4 is 25.1 Å². The minimum atomic E-state index is -0.469. The number of fused-ring (bicyclic) bond motifs is 1. The van der Waals surface area contributed by atoms with Gasteiger partial charge in [-0.05, 0) is 90.6 Å². The van der Waals surface area contributed by atoms with Crippen molar-refractivity contribution in [2.45, 2.75) is 33.1 Å². The number of nitrogens with zero attached hydrogens (tertiary/aromatic N) is 3. The molecule has 0 spiro atoms. The number of ether oxygens (including phenoxy) is 3. The van der Waals surface area contributed by atoms with Crippen molar-refractivity contribution >= 4 is 28.7 Å². The second-order valence-corrected chi connectivity index (χ2v) is 11.4. The molecule has 1 heterocycles. The maximum atomic E-state index is 13.9. The molecule has 4 aromatic carbocycles.